The van der Waals surface area contributed by atoms with Gasteiger partial charge in [0, 0.05) is 12.4 Å². The zero-order valence-electron chi connectivity index (χ0n) is 6.88. The quantitative estimate of drug-likeness (QED) is 0.789. The van der Waals surface area contributed by atoms with Crippen LogP contribution in [-0.4, -0.2) is 16.1 Å². The van der Waals surface area contributed by atoms with Crippen LogP contribution in [0.5, 0.6) is 0 Å². The van der Waals surface area contributed by atoms with Crippen LogP contribution in [-0.2, 0) is 4.79 Å². The molecule has 0 aromatic carbocycles. The van der Waals surface area contributed by atoms with Crippen LogP contribution in [0.2, 0.25) is 0 Å². The first kappa shape index (κ1) is 9.99. The number of carboxylic acid groups (broad SMARTS) is 1. The van der Waals surface area contributed by atoms with Crippen molar-refractivity contribution in [2.75, 3.05) is 0 Å². The van der Waals surface area contributed by atoms with Crippen molar-refractivity contribution in [3.05, 3.63) is 30.1 Å². The topological polar surface area (TPSA) is 50.2 Å². The van der Waals surface area contributed by atoms with E-state index in [0.717, 1.165) is 12.0 Å². The second kappa shape index (κ2) is 3.75. The summed E-state index contributed by atoms with van der Waals surface area (Å²) in [6.45, 7) is 0. The van der Waals surface area contributed by atoms with E-state index < -0.39 is 5.97 Å². The standard InChI is InChI=1S/C9H9NO2.ClH/c11-9(12)8-5-7(8)6-1-3-10-4-2-6;/h1-4,7-8H,5H2,(H,11,12);1H. The Bertz CT molecular complexity index is 302. The number of pyridine rings is 1. The van der Waals surface area contributed by atoms with E-state index in [0.29, 0.717) is 0 Å². The molecule has 1 aliphatic carbocycles. The minimum Gasteiger partial charge on any atom is -0.481 e. The van der Waals surface area contributed by atoms with Gasteiger partial charge >= 0.3 is 5.97 Å². The summed E-state index contributed by atoms with van der Waals surface area (Å²) in [5, 5.41) is 8.67. The second-order valence-corrected chi connectivity index (χ2v) is 3.07. The van der Waals surface area contributed by atoms with Gasteiger partial charge in [-0.3, -0.25) is 9.78 Å². The van der Waals surface area contributed by atoms with Gasteiger partial charge in [0.25, 0.3) is 0 Å². The second-order valence-electron chi connectivity index (χ2n) is 3.07. The first-order valence-corrected chi connectivity index (χ1v) is 3.92. The number of halogens is 1. The van der Waals surface area contributed by atoms with E-state index in [-0.39, 0.29) is 24.2 Å². The molecule has 1 aromatic rings. The summed E-state index contributed by atoms with van der Waals surface area (Å²) in [4.78, 5) is 14.4. The molecule has 1 N–H and O–H groups in total. The van der Waals surface area contributed by atoms with Crippen LogP contribution >= 0.6 is 12.4 Å². The molecule has 2 atom stereocenters. The van der Waals surface area contributed by atoms with Crippen LogP contribution in [0.25, 0.3) is 0 Å². The molecule has 0 saturated heterocycles. The van der Waals surface area contributed by atoms with Gasteiger partial charge in [0.15, 0.2) is 0 Å². The molecule has 2 rings (SSSR count). The van der Waals surface area contributed by atoms with Crippen molar-refractivity contribution < 1.29 is 9.90 Å². The monoisotopic (exact) mass is 199 g/mol. The van der Waals surface area contributed by atoms with E-state index >= 15 is 0 Å². The lowest BCUT2D eigenvalue weighted by Crippen LogP contribution is -1.98. The fraction of sp³-hybridized carbons (Fsp3) is 0.333. The molecule has 13 heavy (non-hydrogen) atoms. The number of aromatic nitrogens is 1. The molecule has 1 aliphatic rings. The number of hydrogen-bond donors (Lipinski definition) is 1. The molecule has 1 aromatic heterocycles. The van der Waals surface area contributed by atoms with Gasteiger partial charge in [0.2, 0.25) is 0 Å². The van der Waals surface area contributed by atoms with Gasteiger partial charge in [-0.15, -0.1) is 12.4 Å². The van der Waals surface area contributed by atoms with Gasteiger partial charge in [0.1, 0.15) is 0 Å². The minimum absolute atomic E-state index is 0. The maximum Gasteiger partial charge on any atom is 0.307 e. The number of rotatable bonds is 2. The van der Waals surface area contributed by atoms with Crippen molar-refractivity contribution in [1.82, 2.24) is 4.98 Å². The number of hydrogen-bond acceptors (Lipinski definition) is 2. The Morgan fingerprint density at radius 3 is 2.54 bits per heavy atom. The van der Waals surface area contributed by atoms with Crippen molar-refractivity contribution in [2.24, 2.45) is 5.92 Å². The average molecular weight is 200 g/mol. The molecule has 1 saturated carbocycles. The summed E-state index contributed by atoms with van der Waals surface area (Å²) in [6, 6.07) is 3.77. The molecule has 70 valence electrons. The van der Waals surface area contributed by atoms with E-state index in [4.69, 9.17) is 5.11 Å². The molecule has 1 heterocycles. The van der Waals surface area contributed by atoms with Crippen LogP contribution in [0.4, 0.5) is 0 Å². The number of aliphatic carboxylic acids is 1. The lowest BCUT2D eigenvalue weighted by Gasteiger charge is -1.95. The smallest absolute Gasteiger partial charge is 0.307 e. The normalized spacial score (nSPS) is 24.6. The predicted molar refractivity (Wildman–Crippen MR) is 50.0 cm³/mol. The van der Waals surface area contributed by atoms with Gasteiger partial charge in [-0.1, -0.05) is 0 Å². The molecule has 0 aliphatic heterocycles. The fourth-order valence-electron chi connectivity index (χ4n) is 1.45. The van der Waals surface area contributed by atoms with Crippen LogP contribution in [0.1, 0.15) is 17.9 Å². The molecule has 4 heteroatoms. The number of carbonyl (C=O) groups is 1. The molecule has 2 unspecified atom stereocenters. The zero-order chi connectivity index (χ0) is 8.55. The zero-order valence-corrected chi connectivity index (χ0v) is 7.70. The van der Waals surface area contributed by atoms with E-state index in [1.807, 2.05) is 12.1 Å². The Labute approximate surface area is 82.2 Å². The maximum atomic E-state index is 10.5. The molecular formula is C9H10ClNO2. The van der Waals surface area contributed by atoms with Crippen molar-refractivity contribution >= 4 is 18.4 Å². The molecule has 1 fully saturated rings. The van der Waals surface area contributed by atoms with Crippen molar-refractivity contribution in [1.29, 1.82) is 0 Å². The summed E-state index contributed by atoms with van der Waals surface area (Å²) in [7, 11) is 0. The van der Waals surface area contributed by atoms with Crippen LogP contribution in [0.15, 0.2) is 24.5 Å². The Balaban J connectivity index is 0.000000845. The first-order chi connectivity index (χ1) is 5.79. The van der Waals surface area contributed by atoms with Crippen molar-refractivity contribution in [2.45, 2.75) is 12.3 Å². The summed E-state index contributed by atoms with van der Waals surface area (Å²) < 4.78 is 0. The highest BCUT2D eigenvalue weighted by Gasteiger charge is 2.43. The lowest BCUT2D eigenvalue weighted by molar-refractivity contribution is -0.138. The van der Waals surface area contributed by atoms with Gasteiger partial charge in [0.05, 0.1) is 5.92 Å². The average Bonchev–Trinajstić information content (AvgIpc) is 2.84. The Morgan fingerprint density at radius 1 is 1.46 bits per heavy atom. The van der Waals surface area contributed by atoms with Gasteiger partial charge in [-0.25, -0.2) is 0 Å². The summed E-state index contributed by atoms with van der Waals surface area (Å²) in [5.41, 5.74) is 1.09. The van der Waals surface area contributed by atoms with Crippen LogP contribution in [0.3, 0.4) is 0 Å². The predicted octanol–water partition coefficient (Wildman–Crippen LogP) is 1.69. The van der Waals surface area contributed by atoms with Crippen molar-refractivity contribution in [3.8, 4) is 0 Å². The largest absolute Gasteiger partial charge is 0.481 e. The Kier molecular flexibility index (Phi) is 2.88. The van der Waals surface area contributed by atoms with E-state index in [9.17, 15) is 4.79 Å². The van der Waals surface area contributed by atoms with E-state index in [1.54, 1.807) is 12.4 Å². The van der Waals surface area contributed by atoms with Crippen LogP contribution in [0, 0.1) is 5.92 Å². The fourth-order valence-corrected chi connectivity index (χ4v) is 1.45. The van der Waals surface area contributed by atoms with Gasteiger partial charge < -0.3 is 5.11 Å². The SMILES string of the molecule is Cl.O=C(O)C1CC1c1ccncc1. The molecule has 0 radical (unpaired) electrons. The number of nitrogens with zero attached hydrogens (tertiary/aromatic N) is 1. The lowest BCUT2D eigenvalue weighted by atomic mass is 10.1. The highest BCUT2D eigenvalue weighted by Crippen LogP contribution is 2.47. The Morgan fingerprint density at radius 2 is 2.08 bits per heavy atom. The highest BCUT2D eigenvalue weighted by atomic mass is 35.5. The number of carboxylic acids is 1. The summed E-state index contributed by atoms with van der Waals surface area (Å²) >= 11 is 0. The Hall–Kier alpha value is -1.09. The van der Waals surface area contributed by atoms with E-state index in [2.05, 4.69) is 4.98 Å². The third kappa shape index (κ3) is 1.98. The highest BCUT2D eigenvalue weighted by molar-refractivity contribution is 5.85. The third-order valence-electron chi connectivity index (χ3n) is 2.24. The summed E-state index contributed by atoms with van der Waals surface area (Å²) in [5.74, 6) is -0.616. The van der Waals surface area contributed by atoms with Crippen LogP contribution < -0.4 is 0 Å². The first-order valence-electron chi connectivity index (χ1n) is 3.92. The van der Waals surface area contributed by atoms with Crippen molar-refractivity contribution in [3.63, 3.8) is 0 Å². The van der Waals surface area contributed by atoms with Gasteiger partial charge in [-0.05, 0) is 30.0 Å². The maximum absolute atomic E-state index is 10.5. The molecule has 0 spiro atoms. The molecule has 0 amide bonds. The minimum atomic E-state index is -0.684. The summed E-state index contributed by atoms with van der Waals surface area (Å²) in [6.07, 6.45) is 4.18. The molecular weight excluding hydrogens is 190 g/mol. The third-order valence-corrected chi connectivity index (χ3v) is 2.24. The van der Waals surface area contributed by atoms with E-state index in [1.165, 1.54) is 0 Å². The molecule has 3 nitrogen and oxygen atoms in total. The molecule has 0 bridgehead atoms. The van der Waals surface area contributed by atoms with Gasteiger partial charge in [-0.2, -0.15) is 0 Å².